The number of sulfone groups is 1. The summed E-state index contributed by atoms with van der Waals surface area (Å²) >= 11 is 0. The Morgan fingerprint density at radius 2 is 1.67 bits per heavy atom. The Hall–Kier alpha value is -3.37. The van der Waals surface area contributed by atoms with Gasteiger partial charge in [0, 0.05) is 11.8 Å². The molecule has 10 heteroatoms. The van der Waals surface area contributed by atoms with Gasteiger partial charge in [-0.25, -0.2) is 13.4 Å². The number of halogens is 3. The minimum absolute atomic E-state index is 0.0673. The summed E-state index contributed by atoms with van der Waals surface area (Å²) in [5, 5.41) is 9.87. The van der Waals surface area contributed by atoms with Crippen molar-refractivity contribution in [1.29, 1.82) is 0 Å². The average Bonchev–Trinajstić information content (AvgIpc) is 3.12. The van der Waals surface area contributed by atoms with Crippen LogP contribution in [0.3, 0.4) is 0 Å². The lowest BCUT2D eigenvalue weighted by Gasteiger charge is -2.16. The fourth-order valence-electron chi connectivity index (χ4n) is 3.83. The lowest BCUT2D eigenvalue weighted by Crippen LogP contribution is -2.23. The van der Waals surface area contributed by atoms with Crippen LogP contribution in [-0.4, -0.2) is 34.3 Å². The second kappa shape index (κ2) is 9.25. The van der Waals surface area contributed by atoms with E-state index in [1.165, 1.54) is 28.8 Å². The van der Waals surface area contributed by atoms with Gasteiger partial charge in [0.15, 0.2) is 9.84 Å². The molecule has 0 spiro atoms. The van der Waals surface area contributed by atoms with Crippen LogP contribution in [0.15, 0.2) is 71.8 Å². The van der Waals surface area contributed by atoms with Crippen LogP contribution >= 0.6 is 0 Å². The number of hydrogen-bond acceptors (Lipinski definition) is 5. The van der Waals surface area contributed by atoms with Crippen LogP contribution in [0.2, 0.25) is 0 Å². The van der Waals surface area contributed by atoms with Crippen molar-refractivity contribution in [3.8, 4) is 22.8 Å². The number of hydrogen-bond donors (Lipinski definition) is 1. The Morgan fingerprint density at radius 3 is 2.33 bits per heavy atom. The molecule has 6 nitrogen and oxygen atoms in total. The van der Waals surface area contributed by atoms with E-state index in [0.717, 1.165) is 6.07 Å². The number of imidazole rings is 1. The van der Waals surface area contributed by atoms with Crippen molar-refractivity contribution in [1.82, 2.24) is 9.38 Å². The van der Waals surface area contributed by atoms with Crippen molar-refractivity contribution in [2.24, 2.45) is 0 Å². The third kappa shape index (κ3) is 5.55. The van der Waals surface area contributed by atoms with E-state index in [9.17, 15) is 26.7 Å². The lowest BCUT2D eigenvalue weighted by molar-refractivity contribution is -0.136. The molecule has 0 saturated heterocycles. The molecule has 2 aromatic heterocycles. The van der Waals surface area contributed by atoms with Gasteiger partial charge in [0.1, 0.15) is 17.1 Å². The number of ether oxygens (including phenoxy) is 1. The largest absolute Gasteiger partial charge is 0.457 e. The zero-order valence-electron chi connectivity index (χ0n) is 19.9. The zero-order chi connectivity index (χ0) is 26.3. The second-order valence-corrected chi connectivity index (χ2v) is 11.3. The summed E-state index contributed by atoms with van der Waals surface area (Å²) in [6.45, 7) is 4.73. The van der Waals surface area contributed by atoms with Crippen LogP contribution in [0.25, 0.3) is 16.9 Å². The number of fused-ring (bicyclic) bond motifs is 1. The number of aliphatic hydroxyl groups is 1. The first-order valence-electron chi connectivity index (χ1n) is 11.1. The molecule has 190 valence electrons. The number of aromatic nitrogens is 2. The van der Waals surface area contributed by atoms with Gasteiger partial charge in [0.05, 0.1) is 33.2 Å². The Labute approximate surface area is 206 Å². The summed E-state index contributed by atoms with van der Waals surface area (Å²) in [6.07, 6.45) is -2.94. The van der Waals surface area contributed by atoms with Crippen LogP contribution in [-0.2, 0) is 16.0 Å². The van der Waals surface area contributed by atoms with Gasteiger partial charge in [0.2, 0.25) is 0 Å². The second-order valence-electron chi connectivity index (χ2n) is 9.15. The molecule has 4 aromatic rings. The molecule has 0 saturated carbocycles. The summed E-state index contributed by atoms with van der Waals surface area (Å²) in [6, 6.07) is 15.1. The summed E-state index contributed by atoms with van der Waals surface area (Å²) in [7, 11) is -3.64. The molecule has 0 bridgehead atoms. The van der Waals surface area contributed by atoms with Crippen molar-refractivity contribution >= 4 is 15.5 Å². The van der Waals surface area contributed by atoms with Gasteiger partial charge in [-0.05, 0) is 69.7 Å². The van der Waals surface area contributed by atoms with E-state index in [1.807, 2.05) is 0 Å². The summed E-state index contributed by atoms with van der Waals surface area (Å²) in [5.74, 6) is 0.439. The highest BCUT2D eigenvalue weighted by atomic mass is 32.2. The Morgan fingerprint density at radius 1 is 1.00 bits per heavy atom. The molecule has 1 N–H and O–H groups in total. The van der Waals surface area contributed by atoms with E-state index in [2.05, 4.69) is 4.98 Å². The van der Waals surface area contributed by atoms with Gasteiger partial charge in [-0.15, -0.1) is 0 Å². The molecule has 36 heavy (non-hydrogen) atoms. The third-order valence-corrected chi connectivity index (χ3v) is 7.33. The van der Waals surface area contributed by atoms with E-state index in [1.54, 1.807) is 57.2 Å². The molecule has 0 amide bonds. The van der Waals surface area contributed by atoms with Gasteiger partial charge in [-0.1, -0.05) is 18.2 Å². The molecule has 0 unspecified atom stereocenters. The zero-order valence-corrected chi connectivity index (χ0v) is 20.7. The molecule has 2 heterocycles. The van der Waals surface area contributed by atoms with E-state index in [-0.39, 0.29) is 28.5 Å². The highest BCUT2D eigenvalue weighted by molar-refractivity contribution is 7.91. The first-order valence-corrected chi connectivity index (χ1v) is 12.8. The normalized spacial score (nSPS) is 12.8. The Balaban J connectivity index is 1.65. The lowest BCUT2D eigenvalue weighted by atomic mass is 10.1. The standard InChI is InChI=1S/C26H25F3N2O4S/c1-17-23(31-13-6-11-22(24(31)30-17)26(27,28)29)18-7-4-8-19(15-18)35-20-9-5-10-21(16-20)36(33,34)14-12-25(2,3)32/h4-11,13,15-16,32H,12,14H2,1-3H3. The van der Waals surface area contributed by atoms with Crippen LogP contribution in [0.1, 0.15) is 31.5 Å². The van der Waals surface area contributed by atoms with E-state index in [4.69, 9.17) is 4.74 Å². The molecule has 0 radical (unpaired) electrons. The number of rotatable bonds is 7. The van der Waals surface area contributed by atoms with Gasteiger partial charge < -0.3 is 9.84 Å². The van der Waals surface area contributed by atoms with Crippen molar-refractivity contribution in [3.05, 3.63) is 78.1 Å². The first kappa shape index (κ1) is 25.7. The van der Waals surface area contributed by atoms with E-state index in [0.29, 0.717) is 22.7 Å². The maximum atomic E-state index is 13.5. The molecule has 0 fully saturated rings. The maximum Gasteiger partial charge on any atom is 0.419 e. The fourth-order valence-corrected chi connectivity index (χ4v) is 5.41. The molecule has 0 aliphatic rings. The van der Waals surface area contributed by atoms with Crippen molar-refractivity contribution in [3.63, 3.8) is 0 Å². The topological polar surface area (TPSA) is 80.9 Å². The minimum Gasteiger partial charge on any atom is -0.457 e. The van der Waals surface area contributed by atoms with Crippen LogP contribution < -0.4 is 4.74 Å². The molecule has 0 atom stereocenters. The predicted octanol–water partition coefficient (Wildman–Crippen LogP) is 6.06. The number of benzene rings is 2. The van der Waals surface area contributed by atoms with Crippen molar-refractivity contribution in [2.45, 2.75) is 43.9 Å². The number of nitrogens with zero attached hydrogens (tertiary/aromatic N) is 2. The molecular formula is C26H25F3N2O4S. The number of pyridine rings is 1. The summed E-state index contributed by atoms with van der Waals surface area (Å²) in [4.78, 5) is 4.23. The summed E-state index contributed by atoms with van der Waals surface area (Å²) in [5.41, 5.74) is -0.625. The fraction of sp³-hybridized carbons (Fsp3) is 0.269. The monoisotopic (exact) mass is 518 g/mol. The van der Waals surface area contributed by atoms with Crippen LogP contribution in [0.5, 0.6) is 11.5 Å². The summed E-state index contributed by atoms with van der Waals surface area (Å²) < 4.78 is 73.1. The van der Waals surface area contributed by atoms with Crippen molar-refractivity contribution in [2.75, 3.05) is 5.75 Å². The maximum absolute atomic E-state index is 13.5. The molecule has 4 rings (SSSR count). The van der Waals surface area contributed by atoms with Crippen molar-refractivity contribution < 1.29 is 31.4 Å². The highest BCUT2D eigenvalue weighted by Crippen LogP contribution is 2.36. The highest BCUT2D eigenvalue weighted by Gasteiger charge is 2.34. The van der Waals surface area contributed by atoms with Gasteiger partial charge in [0.25, 0.3) is 0 Å². The third-order valence-electron chi connectivity index (χ3n) is 5.62. The number of alkyl halides is 3. The Bertz CT molecular complexity index is 1520. The average molecular weight is 519 g/mol. The Kier molecular flexibility index (Phi) is 6.61. The molecule has 0 aliphatic carbocycles. The SMILES string of the molecule is Cc1nc2c(C(F)(F)F)cccn2c1-c1cccc(Oc2cccc(S(=O)(=O)CCC(C)(C)O)c2)c1. The van der Waals surface area contributed by atoms with Gasteiger partial charge >= 0.3 is 6.18 Å². The minimum atomic E-state index is -4.54. The molecular weight excluding hydrogens is 493 g/mol. The van der Waals surface area contributed by atoms with E-state index >= 15 is 0 Å². The van der Waals surface area contributed by atoms with Crippen LogP contribution in [0.4, 0.5) is 13.2 Å². The van der Waals surface area contributed by atoms with Crippen LogP contribution in [0, 0.1) is 6.92 Å². The van der Waals surface area contributed by atoms with Gasteiger partial charge in [-0.3, -0.25) is 4.40 Å². The number of aryl methyl sites for hydroxylation is 1. The van der Waals surface area contributed by atoms with E-state index < -0.39 is 27.2 Å². The molecule has 0 aliphatic heterocycles. The first-order chi connectivity index (χ1) is 16.7. The quantitative estimate of drug-likeness (QED) is 0.322. The predicted molar refractivity (Wildman–Crippen MR) is 130 cm³/mol. The molecule has 2 aromatic carbocycles. The van der Waals surface area contributed by atoms with Gasteiger partial charge in [-0.2, -0.15) is 13.2 Å². The smallest absolute Gasteiger partial charge is 0.419 e.